The smallest absolute Gasteiger partial charge is 0.228 e. The fourth-order valence-electron chi connectivity index (χ4n) is 2.16. The summed E-state index contributed by atoms with van der Waals surface area (Å²) >= 11 is 6.06. The summed E-state index contributed by atoms with van der Waals surface area (Å²) in [6.45, 7) is -0.425. The van der Waals surface area contributed by atoms with Gasteiger partial charge >= 0.3 is 0 Å². The predicted molar refractivity (Wildman–Crippen MR) is 90.3 cm³/mol. The van der Waals surface area contributed by atoms with Crippen molar-refractivity contribution in [2.75, 3.05) is 13.6 Å². The van der Waals surface area contributed by atoms with Crippen molar-refractivity contribution in [3.63, 3.8) is 0 Å². The molecule has 0 unspecified atom stereocenters. The van der Waals surface area contributed by atoms with Crippen LogP contribution in [0.25, 0.3) is 0 Å². The first-order valence-corrected chi connectivity index (χ1v) is 6.88. The Hall–Kier alpha value is -2.73. The van der Waals surface area contributed by atoms with Crippen LogP contribution < -0.4 is 0 Å². The summed E-state index contributed by atoms with van der Waals surface area (Å²) in [6, 6.07) is 1.67. The maximum absolute atomic E-state index is 13.0. The van der Waals surface area contributed by atoms with Gasteiger partial charge in [-0.1, -0.05) is 29.7 Å². The summed E-state index contributed by atoms with van der Waals surface area (Å²) in [7, 11) is 1.32. The van der Waals surface area contributed by atoms with Crippen LogP contribution in [-0.4, -0.2) is 34.9 Å². The van der Waals surface area contributed by atoms with E-state index in [1.807, 2.05) is 0 Å². The summed E-state index contributed by atoms with van der Waals surface area (Å²) in [4.78, 5) is 15.2. The molecule has 1 heterocycles. The molecule has 0 fully saturated rings. The Balaban J connectivity index is 2.41. The summed E-state index contributed by atoms with van der Waals surface area (Å²) in [5, 5.41) is 16.9. The quantitative estimate of drug-likeness (QED) is 0.366. The molecule has 1 aliphatic heterocycles. The number of nitroso groups, excluding NO2 is 1. The van der Waals surface area contributed by atoms with Gasteiger partial charge in [0, 0.05) is 17.6 Å². The van der Waals surface area contributed by atoms with Crippen LogP contribution in [0, 0.1) is 10.1 Å². The minimum Gasteiger partial charge on any atom is -0.623 e. The zero-order valence-electron chi connectivity index (χ0n) is 16.9. The molecule has 116 valence electrons. The highest BCUT2D eigenvalue weighted by Crippen LogP contribution is 2.28. The molecule has 0 N–H and O–H groups in total. The van der Waals surface area contributed by atoms with Crippen molar-refractivity contribution in [3.05, 3.63) is 74.7 Å². The van der Waals surface area contributed by atoms with Crippen molar-refractivity contribution in [2.45, 2.75) is 0 Å². The second-order valence-electron chi connectivity index (χ2n) is 4.68. The first kappa shape index (κ1) is 10.1. The first-order valence-electron chi connectivity index (χ1n) is 9.00. The number of hydrogen-bond acceptors (Lipinski definition) is 4. The van der Waals surface area contributed by atoms with E-state index < -0.39 is 36.8 Å². The average molecular weight is 334 g/mol. The van der Waals surface area contributed by atoms with Crippen LogP contribution in [0.5, 0.6) is 0 Å². The summed E-state index contributed by atoms with van der Waals surface area (Å²) in [5.41, 5.74) is -0.0411. The third-order valence-corrected chi connectivity index (χ3v) is 3.47. The largest absolute Gasteiger partial charge is 0.623 e. The second kappa shape index (κ2) is 6.18. The zero-order chi connectivity index (χ0) is 20.7. The molecule has 2 aromatic rings. The highest BCUT2D eigenvalue weighted by atomic mass is 35.5. The van der Waals surface area contributed by atoms with Gasteiger partial charge in [-0.2, -0.15) is 4.74 Å². The maximum Gasteiger partial charge on any atom is 0.228 e. The zero-order valence-corrected chi connectivity index (χ0v) is 12.7. The van der Waals surface area contributed by atoms with E-state index in [2.05, 4.69) is 10.3 Å². The number of benzene rings is 2. The highest BCUT2D eigenvalue weighted by molar-refractivity contribution is 6.31. The summed E-state index contributed by atoms with van der Waals surface area (Å²) < 4.78 is 40.3. The molecule has 0 saturated heterocycles. The Labute approximate surface area is 144 Å². The van der Waals surface area contributed by atoms with Gasteiger partial charge in [0.25, 0.3) is 0 Å². The van der Waals surface area contributed by atoms with E-state index in [-0.39, 0.29) is 33.4 Å². The highest BCUT2D eigenvalue weighted by Gasteiger charge is 2.26. The van der Waals surface area contributed by atoms with Gasteiger partial charge in [-0.3, -0.25) is 0 Å². The topological polar surface area (TPSA) is 71.1 Å². The lowest BCUT2D eigenvalue weighted by molar-refractivity contribution is -0.440. The van der Waals surface area contributed by atoms with Crippen molar-refractivity contribution in [1.82, 2.24) is 5.01 Å². The van der Waals surface area contributed by atoms with Gasteiger partial charge in [0.05, 0.1) is 23.4 Å². The van der Waals surface area contributed by atoms with Crippen molar-refractivity contribution in [3.8, 4) is 0 Å². The van der Waals surface area contributed by atoms with Gasteiger partial charge in [0.15, 0.2) is 5.84 Å². The summed E-state index contributed by atoms with van der Waals surface area (Å²) in [6.07, 6.45) is 0. The Morgan fingerprint density at radius 2 is 2.13 bits per heavy atom. The standard InChI is InChI=1S/C16H13ClN4O2/c1-20(19-22)15-10-21(23)16(11-5-3-2-4-6-11)13-9-12(17)7-8-14(13)18-15/h2-9H,10H2,1H3/i2D,3D,4D,5D,6D. The number of likely N-dealkylation sites (N-methyl/N-ethyl adjacent to an activating group) is 1. The van der Waals surface area contributed by atoms with Crippen LogP contribution in [-0.2, 0) is 0 Å². The molecule has 6 nitrogen and oxygen atoms in total. The third kappa shape index (κ3) is 2.93. The molecule has 0 spiro atoms. The maximum atomic E-state index is 13.0. The van der Waals surface area contributed by atoms with Crippen LogP contribution in [0.4, 0.5) is 5.69 Å². The molecule has 3 rings (SSSR count). The minimum atomic E-state index is -0.572. The number of fused-ring (bicyclic) bond motifs is 1. The van der Waals surface area contributed by atoms with E-state index in [4.69, 9.17) is 18.5 Å². The van der Waals surface area contributed by atoms with Crippen molar-refractivity contribution in [2.24, 2.45) is 10.3 Å². The second-order valence-corrected chi connectivity index (χ2v) is 5.12. The number of amidine groups is 1. The Kier molecular flexibility index (Phi) is 2.72. The van der Waals surface area contributed by atoms with Gasteiger partial charge in [-0.25, -0.2) is 10.0 Å². The Bertz CT molecular complexity index is 1040. The number of rotatable bonds is 2. The molecule has 0 aliphatic carbocycles. The molecule has 0 bridgehead atoms. The molecule has 7 heteroatoms. The number of hydrogen-bond donors (Lipinski definition) is 0. The van der Waals surface area contributed by atoms with Crippen molar-refractivity contribution >= 4 is 28.8 Å². The van der Waals surface area contributed by atoms with E-state index in [0.717, 1.165) is 5.01 Å². The van der Waals surface area contributed by atoms with Gasteiger partial charge < -0.3 is 5.21 Å². The molecule has 0 saturated carbocycles. The molecule has 0 aromatic heterocycles. The fraction of sp³-hybridized carbons (Fsp3) is 0.125. The number of aliphatic imine (C=N–C) groups is 1. The molecule has 1 aliphatic rings. The first-order chi connectivity index (χ1) is 13.2. The van der Waals surface area contributed by atoms with Gasteiger partial charge in [-0.15, -0.1) is 4.91 Å². The summed E-state index contributed by atoms with van der Waals surface area (Å²) in [5.74, 6) is 0.0240. The SMILES string of the molecule is [2H]c1c([2H])c([2H])c(C2=[N+]([O-])CC(N(C)N=O)=Nc3ccc(Cl)cc32)c([2H])c1[2H]. The Morgan fingerprint density at radius 3 is 2.83 bits per heavy atom. The number of nitrogens with zero attached hydrogens (tertiary/aromatic N) is 4. The van der Waals surface area contributed by atoms with Crippen LogP contribution in [0.2, 0.25) is 5.02 Å². The average Bonchev–Trinajstić information content (AvgIpc) is 2.81. The van der Waals surface area contributed by atoms with E-state index in [0.29, 0.717) is 4.74 Å². The monoisotopic (exact) mass is 333 g/mol. The van der Waals surface area contributed by atoms with Crippen molar-refractivity contribution < 1.29 is 11.6 Å². The molecular weight excluding hydrogens is 316 g/mol. The molecule has 0 radical (unpaired) electrons. The molecule has 0 amide bonds. The van der Waals surface area contributed by atoms with Gasteiger partial charge in [-0.05, 0) is 30.3 Å². The van der Waals surface area contributed by atoms with E-state index in [9.17, 15) is 10.1 Å². The minimum absolute atomic E-state index is 0.0240. The third-order valence-electron chi connectivity index (χ3n) is 3.23. The van der Waals surface area contributed by atoms with Crippen LogP contribution in [0.15, 0.2) is 58.7 Å². The predicted octanol–water partition coefficient (Wildman–Crippen LogP) is 3.34. The van der Waals surface area contributed by atoms with Crippen LogP contribution >= 0.6 is 11.6 Å². The molecule has 23 heavy (non-hydrogen) atoms. The van der Waals surface area contributed by atoms with Crippen LogP contribution in [0.3, 0.4) is 0 Å². The normalized spacial score (nSPS) is 17.0. The van der Waals surface area contributed by atoms with Gasteiger partial charge in [0.1, 0.15) is 0 Å². The lowest BCUT2D eigenvalue weighted by Crippen LogP contribution is -2.30. The molecule has 0 atom stereocenters. The number of hydroxylamine groups is 1. The van der Waals surface area contributed by atoms with Gasteiger partial charge in [0.2, 0.25) is 12.3 Å². The van der Waals surface area contributed by atoms with Crippen LogP contribution in [0.1, 0.15) is 18.0 Å². The molecular formula is C16H13ClN4O2. The van der Waals surface area contributed by atoms with Crippen molar-refractivity contribution in [1.29, 1.82) is 0 Å². The Morgan fingerprint density at radius 1 is 1.39 bits per heavy atom. The molecule has 2 aromatic carbocycles. The van der Waals surface area contributed by atoms with E-state index in [1.165, 1.54) is 25.2 Å². The lowest BCUT2D eigenvalue weighted by atomic mass is 10.0. The lowest BCUT2D eigenvalue weighted by Gasteiger charge is -2.12. The van der Waals surface area contributed by atoms with E-state index in [1.54, 1.807) is 0 Å². The number of halogens is 1. The van der Waals surface area contributed by atoms with E-state index >= 15 is 0 Å². The fourth-order valence-corrected chi connectivity index (χ4v) is 2.33.